The van der Waals surface area contributed by atoms with Gasteiger partial charge in [0.2, 0.25) is 0 Å². The molecule has 2 atom stereocenters. The molecule has 8 nitrogen and oxygen atoms in total. The molecule has 4 amide bonds. The molecule has 3 saturated heterocycles. The van der Waals surface area contributed by atoms with Gasteiger partial charge in [0, 0.05) is 31.4 Å². The summed E-state index contributed by atoms with van der Waals surface area (Å²) in [7, 11) is 0. The van der Waals surface area contributed by atoms with Crippen LogP contribution in [-0.2, 0) is 0 Å². The Balaban J connectivity index is 1.52. The van der Waals surface area contributed by atoms with Crippen LogP contribution < -0.4 is 5.32 Å². The van der Waals surface area contributed by atoms with Gasteiger partial charge in [-0.05, 0) is 25.7 Å². The first-order chi connectivity index (χ1) is 10.2. The van der Waals surface area contributed by atoms with Crippen molar-refractivity contribution < 1.29 is 9.59 Å². The van der Waals surface area contributed by atoms with Gasteiger partial charge in [0.05, 0.1) is 12.2 Å². The number of rotatable bonds is 1. The Morgan fingerprint density at radius 3 is 2.57 bits per heavy atom. The number of amides is 4. The van der Waals surface area contributed by atoms with E-state index >= 15 is 0 Å². The SMILES string of the molecule is O=C1NCCN1C(=O)N1C2CCC1CC(n1ccnn1)C2. The maximum atomic E-state index is 12.6. The minimum Gasteiger partial charge on any atom is -0.336 e. The number of aromatic nitrogens is 3. The molecule has 3 aliphatic heterocycles. The number of fused-ring (bicyclic) bond motifs is 2. The minimum atomic E-state index is -0.266. The van der Waals surface area contributed by atoms with Crippen molar-refractivity contribution in [3.05, 3.63) is 12.4 Å². The first kappa shape index (κ1) is 12.6. The fourth-order valence-corrected chi connectivity index (χ4v) is 3.88. The normalized spacial score (nSPS) is 31.6. The number of carbonyl (C=O) groups is 2. The Kier molecular flexibility index (Phi) is 2.83. The van der Waals surface area contributed by atoms with Crippen molar-refractivity contribution in [1.29, 1.82) is 0 Å². The monoisotopic (exact) mass is 290 g/mol. The molecule has 3 fully saturated rings. The van der Waals surface area contributed by atoms with Crippen molar-refractivity contribution in [2.24, 2.45) is 0 Å². The molecule has 0 saturated carbocycles. The highest BCUT2D eigenvalue weighted by Crippen LogP contribution is 2.41. The van der Waals surface area contributed by atoms with E-state index in [1.807, 2.05) is 15.8 Å². The molecule has 1 aromatic heterocycles. The van der Waals surface area contributed by atoms with E-state index in [1.165, 1.54) is 4.90 Å². The molecule has 4 heterocycles. The molecular formula is C13H18N6O2. The smallest absolute Gasteiger partial charge is 0.328 e. The zero-order valence-corrected chi connectivity index (χ0v) is 11.7. The van der Waals surface area contributed by atoms with E-state index in [1.54, 1.807) is 6.20 Å². The third-order valence-electron chi connectivity index (χ3n) is 4.83. The molecule has 0 aliphatic carbocycles. The number of nitrogens with one attached hydrogen (secondary N) is 1. The fraction of sp³-hybridized carbons (Fsp3) is 0.692. The number of urea groups is 2. The van der Waals surface area contributed by atoms with Gasteiger partial charge >= 0.3 is 12.1 Å². The molecule has 112 valence electrons. The van der Waals surface area contributed by atoms with Crippen LogP contribution in [0.25, 0.3) is 0 Å². The number of piperidine rings is 1. The average molecular weight is 290 g/mol. The summed E-state index contributed by atoms with van der Waals surface area (Å²) >= 11 is 0. The van der Waals surface area contributed by atoms with E-state index in [0.717, 1.165) is 25.7 Å². The van der Waals surface area contributed by atoms with Crippen molar-refractivity contribution in [2.75, 3.05) is 13.1 Å². The Hall–Kier alpha value is -2.12. The van der Waals surface area contributed by atoms with Gasteiger partial charge in [0.1, 0.15) is 0 Å². The van der Waals surface area contributed by atoms with Crippen LogP contribution in [0.4, 0.5) is 9.59 Å². The first-order valence-electron chi connectivity index (χ1n) is 7.47. The second kappa shape index (κ2) is 4.71. The Labute approximate surface area is 122 Å². The zero-order valence-electron chi connectivity index (χ0n) is 11.7. The van der Waals surface area contributed by atoms with Gasteiger partial charge in [-0.3, -0.25) is 0 Å². The van der Waals surface area contributed by atoms with Crippen molar-refractivity contribution >= 4 is 12.1 Å². The minimum absolute atomic E-state index is 0.130. The third kappa shape index (κ3) is 1.97. The largest absolute Gasteiger partial charge is 0.336 e. The third-order valence-corrected chi connectivity index (χ3v) is 4.83. The summed E-state index contributed by atoms with van der Waals surface area (Å²) in [6.45, 7) is 1.02. The van der Waals surface area contributed by atoms with E-state index in [4.69, 9.17) is 0 Å². The van der Waals surface area contributed by atoms with Gasteiger partial charge in [-0.15, -0.1) is 5.10 Å². The summed E-state index contributed by atoms with van der Waals surface area (Å²) in [4.78, 5) is 27.6. The summed E-state index contributed by atoms with van der Waals surface area (Å²) in [6.07, 6.45) is 7.37. The lowest BCUT2D eigenvalue weighted by Gasteiger charge is -2.39. The molecule has 1 aromatic rings. The number of imide groups is 1. The Morgan fingerprint density at radius 1 is 1.24 bits per heavy atom. The zero-order chi connectivity index (χ0) is 14.4. The molecular weight excluding hydrogens is 272 g/mol. The lowest BCUT2D eigenvalue weighted by molar-refractivity contribution is 0.102. The standard InChI is InChI=1S/C13H18N6O2/c20-12-14-3-5-17(12)13(21)19-9-1-2-10(19)8-11(7-9)18-6-4-15-16-18/h4,6,9-11H,1-3,5,7-8H2,(H,14,20). The molecule has 4 rings (SSSR count). The highest BCUT2D eigenvalue weighted by molar-refractivity contribution is 5.95. The van der Waals surface area contributed by atoms with E-state index in [-0.39, 0.29) is 24.1 Å². The van der Waals surface area contributed by atoms with Crippen LogP contribution in [0.15, 0.2) is 12.4 Å². The predicted molar refractivity (Wildman–Crippen MR) is 72.4 cm³/mol. The topological polar surface area (TPSA) is 83.4 Å². The van der Waals surface area contributed by atoms with Crippen LogP contribution in [0.3, 0.4) is 0 Å². The van der Waals surface area contributed by atoms with Crippen molar-refractivity contribution in [1.82, 2.24) is 30.1 Å². The summed E-state index contributed by atoms with van der Waals surface area (Å²) in [6, 6.07) is 0.325. The Bertz CT molecular complexity index is 545. The maximum Gasteiger partial charge on any atom is 0.328 e. The van der Waals surface area contributed by atoms with Crippen LogP contribution in [-0.4, -0.2) is 62.0 Å². The molecule has 2 unspecified atom stereocenters. The van der Waals surface area contributed by atoms with Crippen LogP contribution in [0.1, 0.15) is 31.7 Å². The molecule has 2 bridgehead atoms. The molecule has 8 heteroatoms. The van der Waals surface area contributed by atoms with Crippen LogP contribution in [0, 0.1) is 0 Å². The number of nitrogens with zero attached hydrogens (tertiary/aromatic N) is 5. The van der Waals surface area contributed by atoms with Crippen molar-refractivity contribution in [3.63, 3.8) is 0 Å². The summed E-state index contributed by atoms with van der Waals surface area (Å²) in [5, 5.41) is 10.6. The van der Waals surface area contributed by atoms with Crippen molar-refractivity contribution in [3.8, 4) is 0 Å². The van der Waals surface area contributed by atoms with Gasteiger partial charge in [-0.2, -0.15) is 0 Å². The second-order valence-corrected chi connectivity index (χ2v) is 5.97. The number of carbonyl (C=O) groups excluding carboxylic acids is 2. The van der Waals surface area contributed by atoms with Gasteiger partial charge in [-0.1, -0.05) is 5.21 Å². The summed E-state index contributed by atoms with van der Waals surface area (Å²) < 4.78 is 1.90. The lowest BCUT2D eigenvalue weighted by Crippen LogP contribution is -2.53. The second-order valence-electron chi connectivity index (χ2n) is 5.97. The highest BCUT2D eigenvalue weighted by Gasteiger charge is 2.46. The number of hydrogen-bond donors (Lipinski definition) is 1. The maximum absolute atomic E-state index is 12.6. The average Bonchev–Trinajstić information content (AvgIpc) is 3.19. The molecule has 1 N–H and O–H groups in total. The Morgan fingerprint density at radius 2 is 2.00 bits per heavy atom. The van der Waals surface area contributed by atoms with Gasteiger partial charge < -0.3 is 10.2 Å². The first-order valence-corrected chi connectivity index (χ1v) is 7.47. The van der Waals surface area contributed by atoms with Crippen LogP contribution in [0.2, 0.25) is 0 Å². The molecule has 0 aromatic carbocycles. The van der Waals surface area contributed by atoms with E-state index < -0.39 is 0 Å². The van der Waals surface area contributed by atoms with E-state index in [0.29, 0.717) is 19.1 Å². The van der Waals surface area contributed by atoms with Crippen LogP contribution >= 0.6 is 0 Å². The van der Waals surface area contributed by atoms with Gasteiger partial charge in [-0.25, -0.2) is 19.2 Å². The van der Waals surface area contributed by atoms with Gasteiger partial charge in [0.15, 0.2) is 0 Å². The van der Waals surface area contributed by atoms with Gasteiger partial charge in [0.25, 0.3) is 0 Å². The molecule has 0 radical (unpaired) electrons. The summed E-state index contributed by atoms with van der Waals surface area (Å²) in [5.74, 6) is 0. The van der Waals surface area contributed by atoms with E-state index in [9.17, 15) is 9.59 Å². The fourth-order valence-electron chi connectivity index (χ4n) is 3.88. The summed E-state index contributed by atoms with van der Waals surface area (Å²) in [5.41, 5.74) is 0. The molecule has 0 spiro atoms. The van der Waals surface area contributed by atoms with Crippen LogP contribution in [0.5, 0.6) is 0 Å². The molecule has 3 aliphatic rings. The quantitative estimate of drug-likeness (QED) is 0.820. The lowest BCUT2D eigenvalue weighted by atomic mass is 9.98. The highest BCUT2D eigenvalue weighted by atomic mass is 16.2. The predicted octanol–water partition coefficient (Wildman–Crippen LogP) is 0.591. The van der Waals surface area contributed by atoms with E-state index in [2.05, 4.69) is 15.6 Å². The number of hydrogen-bond acceptors (Lipinski definition) is 4. The molecule has 21 heavy (non-hydrogen) atoms. The van der Waals surface area contributed by atoms with Crippen molar-refractivity contribution in [2.45, 2.75) is 43.8 Å².